The lowest BCUT2D eigenvalue weighted by atomic mass is 9.78. The van der Waals surface area contributed by atoms with E-state index in [-0.39, 0.29) is 24.1 Å². The normalized spacial score (nSPS) is 20.2. The third-order valence-corrected chi connectivity index (χ3v) is 8.28. The molecular weight excluding hydrogens is 448 g/mol. The molecule has 0 radical (unpaired) electrons. The maximum atomic E-state index is 13.8. The number of fused-ring (bicyclic) bond motifs is 3. The van der Waals surface area contributed by atoms with Gasteiger partial charge in [-0.15, -0.1) is 0 Å². The molecule has 2 aromatic heterocycles. The molecule has 36 heavy (non-hydrogen) atoms. The third-order valence-electron chi connectivity index (χ3n) is 8.28. The number of amides is 1. The van der Waals surface area contributed by atoms with E-state index in [1.807, 2.05) is 18.2 Å². The van der Waals surface area contributed by atoms with Crippen molar-refractivity contribution in [2.24, 2.45) is 11.8 Å². The van der Waals surface area contributed by atoms with Crippen molar-refractivity contribution < 1.29 is 4.79 Å². The van der Waals surface area contributed by atoms with Crippen LogP contribution in [0.15, 0.2) is 47.4 Å². The predicted octanol–water partition coefficient (Wildman–Crippen LogP) is 5.27. The van der Waals surface area contributed by atoms with E-state index in [1.165, 1.54) is 33.4 Å². The first kappa shape index (κ1) is 24.3. The summed E-state index contributed by atoms with van der Waals surface area (Å²) in [4.78, 5) is 26.7. The summed E-state index contributed by atoms with van der Waals surface area (Å²) in [5, 5.41) is 9.42. The molecule has 1 fully saturated rings. The standard InChI is InChI=1S/C30H36N4O2/c1-18-13-20(3)25(21(4)14-18)16-33-27-12-7-6-10-23(27)24-15-31-34(30(36)29(24)33)17-28(35)32-26-11-8-9-19(2)22(26)5/h6-7,10,12-15,19,22,26H,8-9,11,16-17H2,1-5H3,(H,32,35)/t19-,22-,26+/m0/s1. The van der Waals surface area contributed by atoms with Gasteiger partial charge in [-0.3, -0.25) is 9.59 Å². The molecule has 4 aromatic rings. The van der Waals surface area contributed by atoms with Gasteiger partial charge in [0.2, 0.25) is 5.91 Å². The van der Waals surface area contributed by atoms with Crippen LogP contribution in [0.4, 0.5) is 0 Å². The minimum Gasteiger partial charge on any atom is -0.351 e. The number of benzene rings is 2. The monoisotopic (exact) mass is 484 g/mol. The summed E-state index contributed by atoms with van der Waals surface area (Å²) in [5.74, 6) is 0.867. The number of rotatable bonds is 5. The summed E-state index contributed by atoms with van der Waals surface area (Å²) in [7, 11) is 0. The number of para-hydroxylation sites is 1. The maximum absolute atomic E-state index is 13.8. The maximum Gasteiger partial charge on any atom is 0.291 e. The SMILES string of the molecule is Cc1cc(C)c(Cn2c3ccccc3c3cnn(CC(=O)N[C@@H]4CCC[C@H](C)[C@@H]4C)c(=O)c32)c(C)c1. The van der Waals surface area contributed by atoms with Crippen LogP contribution in [-0.4, -0.2) is 26.3 Å². The van der Waals surface area contributed by atoms with Crippen molar-refractivity contribution in [1.82, 2.24) is 19.7 Å². The summed E-state index contributed by atoms with van der Waals surface area (Å²) in [6.07, 6.45) is 5.05. The number of nitrogens with zero attached hydrogens (tertiary/aromatic N) is 3. The first-order valence-corrected chi connectivity index (χ1v) is 13.1. The molecule has 5 rings (SSSR count). The van der Waals surface area contributed by atoms with Crippen LogP contribution in [0.2, 0.25) is 0 Å². The summed E-state index contributed by atoms with van der Waals surface area (Å²) < 4.78 is 3.41. The van der Waals surface area contributed by atoms with Crippen LogP contribution in [0, 0.1) is 32.6 Å². The molecule has 188 valence electrons. The summed E-state index contributed by atoms with van der Waals surface area (Å²) in [5.41, 5.74) is 6.23. The molecule has 0 saturated heterocycles. The molecule has 1 N–H and O–H groups in total. The Balaban J connectivity index is 1.54. The van der Waals surface area contributed by atoms with E-state index in [0.717, 1.165) is 29.1 Å². The molecule has 2 heterocycles. The third kappa shape index (κ3) is 4.34. The molecule has 1 saturated carbocycles. The largest absolute Gasteiger partial charge is 0.351 e. The minimum absolute atomic E-state index is 0.0729. The molecular formula is C30H36N4O2. The molecule has 1 aliphatic rings. The van der Waals surface area contributed by atoms with Crippen molar-refractivity contribution in [2.45, 2.75) is 73.0 Å². The second-order valence-electron chi connectivity index (χ2n) is 10.8. The Morgan fingerprint density at radius 1 is 1.06 bits per heavy atom. The van der Waals surface area contributed by atoms with Gasteiger partial charge >= 0.3 is 0 Å². The summed E-state index contributed by atoms with van der Waals surface area (Å²) in [6.45, 7) is 11.3. The van der Waals surface area contributed by atoms with Gasteiger partial charge in [0.15, 0.2) is 0 Å². The molecule has 6 nitrogen and oxygen atoms in total. The number of hydrogen-bond donors (Lipinski definition) is 1. The number of carbonyl (C=O) groups is 1. The zero-order valence-electron chi connectivity index (χ0n) is 22.0. The van der Waals surface area contributed by atoms with Crippen molar-refractivity contribution in [1.29, 1.82) is 0 Å². The number of aromatic nitrogens is 3. The molecule has 1 aliphatic carbocycles. The van der Waals surface area contributed by atoms with E-state index in [9.17, 15) is 9.59 Å². The quantitative estimate of drug-likeness (QED) is 0.420. The minimum atomic E-state index is -0.230. The van der Waals surface area contributed by atoms with Gasteiger partial charge in [0.1, 0.15) is 12.1 Å². The predicted molar refractivity (Wildman–Crippen MR) is 145 cm³/mol. The second-order valence-corrected chi connectivity index (χ2v) is 10.8. The molecule has 0 aliphatic heterocycles. The van der Waals surface area contributed by atoms with Crippen LogP contribution in [0.5, 0.6) is 0 Å². The fourth-order valence-corrected chi connectivity index (χ4v) is 6.06. The molecule has 3 atom stereocenters. The topological polar surface area (TPSA) is 68.9 Å². The summed E-state index contributed by atoms with van der Waals surface area (Å²) in [6, 6.07) is 12.6. The highest BCUT2D eigenvalue weighted by Gasteiger charge is 2.28. The van der Waals surface area contributed by atoms with Gasteiger partial charge in [0.05, 0.1) is 6.20 Å². The summed E-state index contributed by atoms with van der Waals surface area (Å²) >= 11 is 0. The van der Waals surface area contributed by atoms with E-state index in [4.69, 9.17) is 0 Å². The van der Waals surface area contributed by atoms with Crippen molar-refractivity contribution in [3.05, 3.63) is 75.2 Å². The van der Waals surface area contributed by atoms with Crippen LogP contribution in [0.25, 0.3) is 21.8 Å². The first-order chi connectivity index (χ1) is 17.2. The molecule has 0 spiro atoms. The Kier molecular flexibility index (Phi) is 6.45. The van der Waals surface area contributed by atoms with Gasteiger partial charge in [0.25, 0.3) is 5.56 Å². The number of carbonyl (C=O) groups excluding carboxylic acids is 1. The van der Waals surface area contributed by atoms with Crippen LogP contribution in [0.1, 0.15) is 55.4 Å². The molecule has 6 heteroatoms. The Hall–Kier alpha value is -3.41. The van der Waals surface area contributed by atoms with Gasteiger partial charge in [-0.2, -0.15) is 5.10 Å². The lowest BCUT2D eigenvalue weighted by Crippen LogP contribution is -2.45. The van der Waals surface area contributed by atoms with Gasteiger partial charge in [0, 0.05) is 28.9 Å². The highest BCUT2D eigenvalue weighted by Crippen LogP contribution is 2.30. The van der Waals surface area contributed by atoms with E-state index >= 15 is 0 Å². The molecule has 0 unspecified atom stereocenters. The van der Waals surface area contributed by atoms with Crippen molar-refractivity contribution >= 4 is 27.7 Å². The van der Waals surface area contributed by atoms with Crippen LogP contribution in [-0.2, 0) is 17.9 Å². The number of nitrogens with one attached hydrogen (secondary N) is 1. The number of hydrogen-bond acceptors (Lipinski definition) is 3. The Labute approximate surface area is 212 Å². The average molecular weight is 485 g/mol. The average Bonchev–Trinajstić information content (AvgIpc) is 3.15. The number of aryl methyl sites for hydroxylation is 3. The lowest BCUT2D eigenvalue weighted by Gasteiger charge is -2.34. The smallest absolute Gasteiger partial charge is 0.291 e. The van der Waals surface area contributed by atoms with Crippen LogP contribution >= 0.6 is 0 Å². The lowest BCUT2D eigenvalue weighted by molar-refractivity contribution is -0.123. The van der Waals surface area contributed by atoms with Crippen LogP contribution < -0.4 is 10.9 Å². The van der Waals surface area contributed by atoms with E-state index in [2.05, 4.69) is 67.8 Å². The van der Waals surface area contributed by atoms with E-state index in [1.54, 1.807) is 6.20 Å². The fourth-order valence-electron chi connectivity index (χ4n) is 6.06. The van der Waals surface area contributed by atoms with E-state index < -0.39 is 0 Å². The Morgan fingerprint density at radius 2 is 1.78 bits per heavy atom. The van der Waals surface area contributed by atoms with Gasteiger partial charge in [-0.25, -0.2) is 4.68 Å². The van der Waals surface area contributed by atoms with Crippen molar-refractivity contribution in [2.75, 3.05) is 0 Å². The van der Waals surface area contributed by atoms with Crippen molar-refractivity contribution in [3.8, 4) is 0 Å². The zero-order valence-corrected chi connectivity index (χ0v) is 22.0. The highest BCUT2D eigenvalue weighted by atomic mass is 16.2. The van der Waals surface area contributed by atoms with Gasteiger partial charge in [-0.1, -0.05) is 62.6 Å². The van der Waals surface area contributed by atoms with Crippen LogP contribution in [0.3, 0.4) is 0 Å². The molecule has 1 amide bonds. The second kappa shape index (κ2) is 9.57. The van der Waals surface area contributed by atoms with Gasteiger partial charge < -0.3 is 9.88 Å². The zero-order chi connectivity index (χ0) is 25.6. The first-order valence-electron chi connectivity index (χ1n) is 13.1. The Morgan fingerprint density at radius 3 is 2.53 bits per heavy atom. The Bertz CT molecular complexity index is 1490. The van der Waals surface area contributed by atoms with Gasteiger partial charge in [-0.05, 0) is 61.8 Å². The molecule has 2 aromatic carbocycles. The fraction of sp³-hybridized carbons (Fsp3) is 0.433. The highest BCUT2D eigenvalue weighted by molar-refractivity contribution is 6.07. The van der Waals surface area contributed by atoms with Crippen molar-refractivity contribution in [3.63, 3.8) is 0 Å². The molecule has 0 bridgehead atoms. The van der Waals surface area contributed by atoms with E-state index in [0.29, 0.717) is 23.9 Å².